The minimum Gasteiger partial charge on any atom is -0.366 e. The van der Waals surface area contributed by atoms with Crippen LogP contribution >= 0.6 is 0 Å². The van der Waals surface area contributed by atoms with Crippen LogP contribution in [0.4, 0.5) is 0 Å². The number of hydrogen-bond acceptors (Lipinski definition) is 6. The van der Waals surface area contributed by atoms with Crippen molar-refractivity contribution in [1.82, 2.24) is 25.4 Å². The van der Waals surface area contributed by atoms with Gasteiger partial charge in [-0.15, -0.1) is 0 Å². The number of carbonyl (C=O) groups is 2. The highest BCUT2D eigenvalue weighted by Crippen LogP contribution is 2.52. The van der Waals surface area contributed by atoms with Gasteiger partial charge in [-0.25, -0.2) is 4.98 Å². The number of nitrogens with two attached hydrogens (primary N) is 1. The van der Waals surface area contributed by atoms with Crippen LogP contribution < -0.4 is 11.1 Å². The van der Waals surface area contributed by atoms with E-state index in [9.17, 15) is 14.9 Å². The Morgan fingerprint density at radius 3 is 2.72 bits per heavy atom. The summed E-state index contributed by atoms with van der Waals surface area (Å²) in [6, 6.07) is 7.63. The van der Waals surface area contributed by atoms with Gasteiger partial charge in [0.25, 0.3) is 0 Å². The number of nitriles is 1. The van der Waals surface area contributed by atoms with Crippen LogP contribution in [0.15, 0.2) is 30.4 Å². The number of H-pyrrole nitrogens is 1. The molecular weight excluding hydrogens is 490 g/mol. The maximum Gasteiger partial charge on any atom is 0.248 e. The van der Waals surface area contributed by atoms with Crippen molar-refractivity contribution in [3.8, 4) is 6.07 Å². The molecule has 1 aromatic carbocycles. The van der Waals surface area contributed by atoms with Crippen molar-refractivity contribution in [1.29, 1.82) is 5.26 Å². The summed E-state index contributed by atoms with van der Waals surface area (Å²) in [5.41, 5.74) is 8.18. The van der Waals surface area contributed by atoms with Crippen molar-refractivity contribution in [2.24, 2.45) is 17.6 Å². The van der Waals surface area contributed by atoms with Gasteiger partial charge in [0.05, 0.1) is 18.0 Å². The molecule has 9 nitrogen and oxygen atoms in total. The molecule has 1 aromatic heterocycles. The average molecular weight is 532 g/mol. The molecule has 1 aliphatic carbocycles. The molecule has 9 heteroatoms. The molecule has 2 aliphatic rings. The molecule has 0 radical (unpaired) electrons. The van der Waals surface area contributed by atoms with Gasteiger partial charge in [-0.1, -0.05) is 45.4 Å². The molecule has 1 saturated heterocycles. The van der Waals surface area contributed by atoms with E-state index in [1.54, 1.807) is 11.0 Å². The Hall–Kier alpha value is -3.51. The van der Waals surface area contributed by atoms with Gasteiger partial charge in [0.15, 0.2) is 5.82 Å². The normalized spacial score (nSPS) is 23.9. The Kier molecular flexibility index (Phi) is 8.26. The molecule has 6 unspecified atom stereocenters. The quantitative estimate of drug-likeness (QED) is 0.359. The van der Waals surface area contributed by atoms with Crippen LogP contribution in [0.2, 0.25) is 0 Å². The summed E-state index contributed by atoms with van der Waals surface area (Å²) in [5, 5.41) is 20.7. The number of nitrogens with one attached hydrogen (secondary N) is 2. The minimum absolute atomic E-state index is 0.0326. The number of amides is 2. The van der Waals surface area contributed by atoms with Crippen LogP contribution in [-0.4, -0.2) is 56.6 Å². The molecule has 1 saturated carbocycles. The SMILES string of the molecule is C=C(C)C(CC(C)NCC(=O)N1C(C#N)CC2C(C)C21)(c1n[nH]c(CC)n1)c1ccc(C(N)=O)cc1CCC. The summed E-state index contributed by atoms with van der Waals surface area (Å²) in [6.45, 7) is 14.8. The Balaban J connectivity index is 1.66. The van der Waals surface area contributed by atoms with Gasteiger partial charge in [-0.05, 0) is 68.2 Å². The minimum atomic E-state index is -0.765. The molecule has 2 heterocycles. The molecule has 2 amide bonds. The zero-order valence-corrected chi connectivity index (χ0v) is 23.8. The maximum atomic E-state index is 13.2. The zero-order chi connectivity index (χ0) is 28.5. The van der Waals surface area contributed by atoms with Crippen LogP contribution in [0.5, 0.6) is 0 Å². The number of rotatable bonds is 12. The first-order valence-corrected chi connectivity index (χ1v) is 14.0. The number of fused-ring (bicyclic) bond motifs is 1. The third kappa shape index (κ3) is 5.22. The Bertz CT molecular complexity index is 1290. The van der Waals surface area contributed by atoms with Crippen LogP contribution in [0, 0.1) is 23.2 Å². The fraction of sp³-hybridized carbons (Fsp3) is 0.567. The summed E-state index contributed by atoms with van der Waals surface area (Å²) < 4.78 is 0. The van der Waals surface area contributed by atoms with Crippen molar-refractivity contribution >= 4 is 11.8 Å². The van der Waals surface area contributed by atoms with E-state index in [-0.39, 0.29) is 30.6 Å². The van der Waals surface area contributed by atoms with E-state index in [1.807, 2.05) is 32.9 Å². The number of primary amides is 1. The number of aromatic amines is 1. The van der Waals surface area contributed by atoms with Crippen molar-refractivity contribution in [3.05, 3.63) is 58.7 Å². The van der Waals surface area contributed by atoms with Gasteiger partial charge in [0.2, 0.25) is 11.8 Å². The largest absolute Gasteiger partial charge is 0.366 e. The smallest absolute Gasteiger partial charge is 0.248 e. The van der Waals surface area contributed by atoms with E-state index in [2.05, 4.69) is 42.0 Å². The number of allylic oxidation sites excluding steroid dienone is 1. The first-order chi connectivity index (χ1) is 18.6. The van der Waals surface area contributed by atoms with E-state index >= 15 is 0 Å². The van der Waals surface area contributed by atoms with Crippen molar-refractivity contribution < 1.29 is 9.59 Å². The van der Waals surface area contributed by atoms with Crippen LogP contribution in [0.1, 0.15) is 87.0 Å². The summed E-state index contributed by atoms with van der Waals surface area (Å²) in [5.74, 6) is 1.81. The van der Waals surface area contributed by atoms with Crippen LogP contribution in [0.25, 0.3) is 0 Å². The fourth-order valence-corrected chi connectivity index (χ4v) is 6.45. The Labute approximate surface area is 231 Å². The molecule has 4 rings (SSSR count). The van der Waals surface area contributed by atoms with Gasteiger partial charge in [-0.3, -0.25) is 14.7 Å². The molecule has 1 aliphatic heterocycles. The van der Waals surface area contributed by atoms with E-state index in [1.165, 1.54) is 0 Å². The van der Waals surface area contributed by atoms with Crippen LogP contribution in [0.3, 0.4) is 0 Å². The highest BCUT2D eigenvalue weighted by atomic mass is 16.2. The van der Waals surface area contributed by atoms with Crippen LogP contribution in [-0.2, 0) is 23.1 Å². The van der Waals surface area contributed by atoms with Crippen molar-refractivity contribution in [2.45, 2.75) is 90.3 Å². The number of piperidine rings is 1. The topological polar surface area (TPSA) is 141 Å². The van der Waals surface area contributed by atoms with Gasteiger partial charge in [-0.2, -0.15) is 10.4 Å². The molecular formula is C30H41N7O2. The van der Waals surface area contributed by atoms with Gasteiger partial charge in [0, 0.05) is 24.1 Å². The third-order valence-corrected chi connectivity index (χ3v) is 8.66. The predicted molar refractivity (Wildman–Crippen MR) is 150 cm³/mol. The number of aryl methyl sites for hydroxylation is 2. The van der Waals surface area contributed by atoms with Gasteiger partial charge >= 0.3 is 0 Å². The van der Waals surface area contributed by atoms with Gasteiger partial charge < -0.3 is 16.0 Å². The first-order valence-electron chi connectivity index (χ1n) is 14.0. The standard InChI is InChI=1S/C30H41N7O2/c1-7-9-20-12-21(28(32)39)10-11-24(20)30(17(3)4,29-34-25(8-2)35-36-29)14-18(5)33-16-26(38)37-22(15-31)13-23-19(6)27(23)37/h10-12,18-19,22-23,27,33H,3,7-9,13-14,16H2,1-2,4-6H3,(H2,32,39)(H,34,35,36). The Morgan fingerprint density at radius 1 is 1.38 bits per heavy atom. The second kappa shape index (κ2) is 11.3. The molecule has 0 spiro atoms. The number of aromatic nitrogens is 3. The zero-order valence-electron chi connectivity index (χ0n) is 23.8. The molecule has 208 valence electrons. The second-order valence-electron chi connectivity index (χ2n) is 11.3. The monoisotopic (exact) mass is 531 g/mol. The molecule has 39 heavy (non-hydrogen) atoms. The lowest BCUT2D eigenvalue weighted by atomic mass is 9.68. The lowest BCUT2D eigenvalue weighted by Gasteiger charge is -2.37. The lowest BCUT2D eigenvalue weighted by molar-refractivity contribution is -0.131. The number of nitrogens with zero attached hydrogens (tertiary/aromatic N) is 4. The average Bonchev–Trinajstić information content (AvgIpc) is 3.27. The summed E-state index contributed by atoms with van der Waals surface area (Å²) in [4.78, 5) is 31.9. The summed E-state index contributed by atoms with van der Waals surface area (Å²) in [6.07, 6.45) is 3.67. The summed E-state index contributed by atoms with van der Waals surface area (Å²) in [7, 11) is 0. The van der Waals surface area contributed by atoms with Gasteiger partial charge in [0.1, 0.15) is 11.9 Å². The van der Waals surface area contributed by atoms with E-state index in [0.717, 1.165) is 41.8 Å². The fourth-order valence-electron chi connectivity index (χ4n) is 6.45. The van der Waals surface area contributed by atoms with E-state index < -0.39 is 11.3 Å². The maximum absolute atomic E-state index is 13.2. The lowest BCUT2D eigenvalue weighted by Crippen LogP contribution is -2.47. The second-order valence-corrected chi connectivity index (χ2v) is 11.3. The van der Waals surface area contributed by atoms with Crippen molar-refractivity contribution in [2.75, 3.05) is 6.54 Å². The first kappa shape index (κ1) is 28.5. The highest BCUT2D eigenvalue weighted by molar-refractivity contribution is 5.93. The highest BCUT2D eigenvalue weighted by Gasteiger charge is 2.60. The molecule has 0 bridgehead atoms. The molecule has 6 atom stereocenters. The third-order valence-electron chi connectivity index (χ3n) is 8.66. The number of likely N-dealkylation sites (tertiary alicyclic amines) is 1. The summed E-state index contributed by atoms with van der Waals surface area (Å²) >= 11 is 0. The number of benzene rings is 1. The molecule has 4 N–H and O–H groups in total. The Morgan fingerprint density at radius 2 is 2.13 bits per heavy atom. The molecule has 2 fully saturated rings. The molecule has 2 aromatic rings. The predicted octanol–water partition coefficient (Wildman–Crippen LogP) is 3.41. The number of carbonyl (C=O) groups excluding carboxylic acids is 2. The van der Waals surface area contributed by atoms with E-state index in [0.29, 0.717) is 36.1 Å². The number of hydrogen-bond donors (Lipinski definition) is 3. The van der Waals surface area contributed by atoms with E-state index in [4.69, 9.17) is 10.7 Å². The van der Waals surface area contributed by atoms with Crippen molar-refractivity contribution in [3.63, 3.8) is 0 Å².